The van der Waals surface area contributed by atoms with E-state index in [0.717, 1.165) is 37.2 Å². The van der Waals surface area contributed by atoms with Crippen LogP contribution in [-0.4, -0.2) is 22.0 Å². The molecule has 8 heteroatoms. The third kappa shape index (κ3) is 3.77. The van der Waals surface area contributed by atoms with Crippen molar-refractivity contribution < 1.29 is 18.0 Å². The van der Waals surface area contributed by atoms with E-state index in [1.54, 1.807) is 16.8 Å². The van der Waals surface area contributed by atoms with Gasteiger partial charge in [-0.2, -0.15) is 0 Å². The van der Waals surface area contributed by atoms with Gasteiger partial charge in [-0.1, -0.05) is 6.07 Å². The van der Waals surface area contributed by atoms with Gasteiger partial charge >= 0.3 is 0 Å². The summed E-state index contributed by atoms with van der Waals surface area (Å²) >= 11 is 0. The second-order valence-corrected chi connectivity index (χ2v) is 6.67. The molecule has 2 N–H and O–H groups in total. The summed E-state index contributed by atoms with van der Waals surface area (Å²) in [5.74, 6) is -3.96. The standard InChI is InChI=1S/C20H17F3N4O/c21-16-5-12(6-17(22)19(16)23)9-27-10-18(25-11-27)26-20(28)14-1-2-15-8-24-4-3-13(15)7-14/h1-2,5-7,10-11,24H,3-4,8-9H2,(H,26,28). The second-order valence-electron chi connectivity index (χ2n) is 6.67. The summed E-state index contributed by atoms with van der Waals surface area (Å²) in [6.45, 7) is 1.77. The Hall–Kier alpha value is -3.13. The molecular formula is C20H17F3N4O. The Morgan fingerprint density at radius 3 is 2.71 bits per heavy atom. The predicted octanol–water partition coefficient (Wildman–Crippen LogP) is 3.25. The number of nitrogens with one attached hydrogen (secondary N) is 2. The molecule has 0 spiro atoms. The van der Waals surface area contributed by atoms with Crippen molar-refractivity contribution in [2.24, 2.45) is 0 Å². The molecule has 144 valence electrons. The van der Waals surface area contributed by atoms with Crippen LogP contribution in [0, 0.1) is 17.5 Å². The molecule has 0 bridgehead atoms. The van der Waals surface area contributed by atoms with Crippen LogP contribution in [0.25, 0.3) is 0 Å². The van der Waals surface area contributed by atoms with Crippen molar-refractivity contribution in [2.75, 3.05) is 11.9 Å². The Bertz CT molecular complexity index is 1020. The SMILES string of the molecule is O=C(Nc1cn(Cc2cc(F)c(F)c(F)c2)cn1)c1ccc2c(c1)CCNC2. The molecule has 1 aliphatic rings. The lowest BCUT2D eigenvalue weighted by Crippen LogP contribution is -2.24. The maximum Gasteiger partial charge on any atom is 0.256 e. The third-order valence-electron chi connectivity index (χ3n) is 4.64. The van der Waals surface area contributed by atoms with Gasteiger partial charge in [-0.3, -0.25) is 4.79 Å². The number of anilines is 1. The van der Waals surface area contributed by atoms with E-state index in [4.69, 9.17) is 0 Å². The molecular weight excluding hydrogens is 369 g/mol. The van der Waals surface area contributed by atoms with Crippen molar-refractivity contribution in [2.45, 2.75) is 19.5 Å². The lowest BCUT2D eigenvalue weighted by atomic mass is 9.98. The molecule has 2 heterocycles. The Balaban J connectivity index is 1.45. The highest BCUT2D eigenvalue weighted by Crippen LogP contribution is 2.18. The zero-order valence-electron chi connectivity index (χ0n) is 14.8. The highest BCUT2D eigenvalue weighted by molar-refractivity contribution is 6.03. The molecule has 0 radical (unpaired) electrons. The first-order valence-corrected chi connectivity index (χ1v) is 8.78. The zero-order chi connectivity index (χ0) is 19.7. The predicted molar refractivity (Wildman–Crippen MR) is 97.5 cm³/mol. The van der Waals surface area contributed by atoms with Gasteiger partial charge in [0.05, 0.1) is 6.33 Å². The third-order valence-corrected chi connectivity index (χ3v) is 4.64. The van der Waals surface area contributed by atoms with Crippen molar-refractivity contribution in [3.8, 4) is 0 Å². The maximum absolute atomic E-state index is 13.3. The number of benzene rings is 2. The Morgan fingerprint density at radius 1 is 1.14 bits per heavy atom. The van der Waals surface area contributed by atoms with Gasteiger partial charge in [0.15, 0.2) is 23.3 Å². The molecule has 2 aromatic carbocycles. The van der Waals surface area contributed by atoms with Crippen LogP contribution in [0.3, 0.4) is 0 Å². The summed E-state index contributed by atoms with van der Waals surface area (Å²) in [6.07, 6.45) is 3.84. The van der Waals surface area contributed by atoms with Gasteiger partial charge in [-0.25, -0.2) is 18.2 Å². The first-order chi connectivity index (χ1) is 13.5. The topological polar surface area (TPSA) is 59.0 Å². The molecule has 1 amide bonds. The minimum absolute atomic E-state index is 0.0861. The van der Waals surface area contributed by atoms with Gasteiger partial charge in [0.2, 0.25) is 0 Å². The van der Waals surface area contributed by atoms with Crippen LogP contribution in [0.5, 0.6) is 0 Å². The zero-order valence-corrected chi connectivity index (χ0v) is 14.8. The quantitative estimate of drug-likeness (QED) is 0.677. The van der Waals surface area contributed by atoms with Crippen molar-refractivity contribution in [3.63, 3.8) is 0 Å². The van der Waals surface area contributed by atoms with E-state index in [1.807, 2.05) is 12.1 Å². The number of halogens is 3. The minimum Gasteiger partial charge on any atom is -0.331 e. The number of rotatable bonds is 4. The van der Waals surface area contributed by atoms with Crippen molar-refractivity contribution in [3.05, 3.63) is 82.6 Å². The number of imidazole rings is 1. The highest BCUT2D eigenvalue weighted by Gasteiger charge is 2.14. The Morgan fingerprint density at radius 2 is 1.93 bits per heavy atom. The van der Waals surface area contributed by atoms with E-state index >= 15 is 0 Å². The Kier molecular flexibility index (Phi) is 4.87. The number of nitrogens with zero attached hydrogens (tertiary/aromatic N) is 2. The molecule has 0 saturated heterocycles. The number of amides is 1. The average molecular weight is 386 g/mol. The van der Waals surface area contributed by atoms with E-state index in [9.17, 15) is 18.0 Å². The van der Waals surface area contributed by atoms with Gasteiger partial charge in [0.25, 0.3) is 5.91 Å². The molecule has 0 fully saturated rings. The van der Waals surface area contributed by atoms with Crippen LogP contribution in [-0.2, 0) is 19.5 Å². The number of hydrogen-bond acceptors (Lipinski definition) is 3. The van der Waals surface area contributed by atoms with Crippen molar-refractivity contribution >= 4 is 11.7 Å². The molecule has 0 unspecified atom stereocenters. The molecule has 28 heavy (non-hydrogen) atoms. The van der Waals surface area contributed by atoms with E-state index in [1.165, 1.54) is 11.9 Å². The van der Waals surface area contributed by atoms with Gasteiger partial charge in [-0.15, -0.1) is 0 Å². The summed E-state index contributed by atoms with van der Waals surface area (Å²) in [6, 6.07) is 7.44. The molecule has 1 aliphatic heterocycles. The molecule has 0 aliphatic carbocycles. The van der Waals surface area contributed by atoms with E-state index in [2.05, 4.69) is 15.6 Å². The summed E-state index contributed by atoms with van der Waals surface area (Å²) in [4.78, 5) is 16.6. The molecule has 4 rings (SSSR count). The summed E-state index contributed by atoms with van der Waals surface area (Å²) in [5, 5.41) is 5.99. The van der Waals surface area contributed by atoms with Crippen molar-refractivity contribution in [1.82, 2.24) is 14.9 Å². The van der Waals surface area contributed by atoms with Gasteiger partial charge in [-0.05, 0) is 53.9 Å². The molecule has 3 aromatic rings. The molecule has 5 nitrogen and oxygen atoms in total. The average Bonchev–Trinajstić information content (AvgIpc) is 3.12. The van der Waals surface area contributed by atoms with Gasteiger partial charge in [0.1, 0.15) is 0 Å². The van der Waals surface area contributed by atoms with Crippen LogP contribution >= 0.6 is 0 Å². The van der Waals surface area contributed by atoms with Crippen LogP contribution in [0.15, 0.2) is 42.9 Å². The number of fused-ring (bicyclic) bond motifs is 1. The van der Waals surface area contributed by atoms with Crippen LogP contribution in [0.2, 0.25) is 0 Å². The number of hydrogen-bond donors (Lipinski definition) is 2. The van der Waals surface area contributed by atoms with E-state index in [-0.39, 0.29) is 18.0 Å². The summed E-state index contributed by atoms with van der Waals surface area (Å²) in [5.41, 5.74) is 3.12. The van der Waals surface area contributed by atoms with Gasteiger partial charge in [0, 0.05) is 24.8 Å². The monoisotopic (exact) mass is 386 g/mol. The van der Waals surface area contributed by atoms with Crippen LogP contribution in [0.4, 0.5) is 19.0 Å². The van der Waals surface area contributed by atoms with Crippen LogP contribution < -0.4 is 10.6 Å². The number of aromatic nitrogens is 2. The largest absolute Gasteiger partial charge is 0.331 e. The molecule has 1 aromatic heterocycles. The number of carbonyl (C=O) groups is 1. The van der Waals surface area contributed by atoms with Crippen molar-refractivity contribution in [1.29, 1.82) is 0 Å². The molecule has 0 saturated carbocycles. The summed E-state index contributed by atoms with van der Waals surface area (Å²) in [7, 11) is 0. The van der Waals surface area contributed by atoms with Gasteiger partial charge < -0.3 is 15.2 Å². The first-order valence-electron chi connectivity index (χ1n) is 8.78. The lowest BCUT2D eigenvalue weighted by Gasteiger charge is -2.17. The fraction of sp³-hybridized carbons (Fsp3) is 0.200. The Labute approximate surface area is 159 Å². The van der Waals surface area contributed by atoms with Crippen LogP contribution in [0.1, 0.15) is 27.0 Å². The maximum atomic E-state index is 13.3. The first kappa shape index (κ1) is 18.2. The molecule has 0 atom stereocenters. The number of carbonyl (C=O) groups excluding carboxylic acids is 1. The normalized spacial score (nSPS) is 13.2. The fourth-order valence-electron chi connectivity index (χ4n) is 3.23. The summed E-state index contributed by atoms with van der Waals surface area (Å²) < 4.78 is 41.2. The smallest absolute Gasteiger partial charge is 0.256 e. The fourth-order valence-corrected chi connectivity index (χ4v) is 3.23. The van der Waals surface area contributed by atoms with E-state index < -0.39 is 17.5 Å². The highest BCUT2D eigenvalue weighted by atomic mass is 19.2. The minimum atomic E-state index is -1.50. The lowest BCUT2D eigenvalue weighted by molar-refractivity contribution is 0.102. The van der Waals surface area contributed by atoms with E-state index in [0.29, 0.717) is 11.4 Å². The second kappa shape index (κ2) is 7.47.